The highest BCUT2D eigenvalue weighted by atomic mass is 15.2. The normalized spacial score (nSPS) is 18.6. The molecular formula is C11H19N5. The van der Waals surface area contributed by atoms with Gasteiger partial charge in [-0.25, -0.2) is 9.97 Å². The molecule has 0 aromatic carbocycles. The molecule has 16 heavy (non-hydrogen) atoms. The van der Waals surface area contributed by atoms with E-state index in [0.717, 1.165) is 31.6 Å². The zero-order valence-corrected chi connectivity index (χ0v) is 9.90. The number of anilines is 2. The molecule has 0 saturated carbocycles. The Bertz CT molecular complexity index is 357. The number of aromatic nitrogens is 2. The van der Waals surface area contributed by atoms with Gasteiger partial charge in [0.05, 0.1) is 17.6 Å². The number of piperidine rings is 1. The zero-order valence-electron chi connectivity index (χ0n) is 9.90. The summed E-state index contributed by atoms with van der Waals surface area (Å²) >= 11 is 0. The van der Waals surface area contributed by atoms with E-state index in [4.69, 9.17) is 5.73 Å². The number of hydrogen-bond acceptors (Lipinski definition) is 5. The van der Waals surface area contributed by atoms with E-state index in [0.29, 0.717) is 17.7 Å². The number of nitrogens with two attached hydrogens (primary N) is 1. The van der Waals surface area contributed by atoms with Crippen molar-refractivity contribution in [2.24, 2.45) is 0 Å². The van der Waals surface area contributed by atoms with Gasteiger partial charge < -0.3 is 16.0 Å². The van der Waals surface area contributed by atoms with E-state index in [1.165, 1.54) is 0 Å². The van der Waals surface area contributed by atoms with Crippen molar-refractivity contribution in [1.29, 1.82) is 0 Å². The van der Waals surface area contributed by atoms with Crippen LogP contribution in [0.4, 0.5) is 11.6 Å². The van der Waals surface area contributed by atoms with Crippen molar-refractivity contribution in [3.8, 4) is 0 Å². The van der Waals surface area contributed by atoms with E-state index < -0.39 is 0 Å². The number of hydrogen-bond donors (Lipinski definition) is 2. The molecule has 1 saturated heterocycles. The summed E-state index contributed by atoms with van der Waals surface area (Å²) in [7, 11) is 2.15. The molecule has 2 heterocycles. The van der Waals surface area contributed by atoms with Crippen LogP contribution in [-0.4, -0.2) is 41.0 Å². The summed E-state index contributed by atoms with van der Waals surface area (Å²) in [5, 5.41) is 3.36. The molecule has 1 aliphatic rings. The van der Waals surface area contributed by atoms with Gasteiger partial charge in [0.15, 0.2) is 0 Å². The third kappa shape index (κ3) is 2.61. The van der Waals surface area contributed by atoms with E-state index in [2.05, 4.69) is 27.2 Å². The Balaban J connectivity index is 1.96. The Hall–Kier alpha value is -1.36. The van der Waals surface area contributed by atoms with Crippen LogP contribution in [-0.2, 0) is 0 Å². The number of rotatable bonds is 2. The van der Waals surface area contributed by atoms with Crippen molar-refractivity contribution < 1.29 is 0 Å². The Morgan fingerprint density at radius 3 is 2.75 bits per heavy atom. The quantitative estimate of drug-likeness (QED) is 0.775. The molecule has 0 bridgehead atoms. The van der Waals surface area contributed by atoms with Gasteiger partial charge in [0.1, 0.15) is 0 Å². The van der Waals surface area contributed by atoms with Crippen LogP contribution in [0, 0.1) is 6.92 Å². The van der Waals surface area contributed by atoms with Gasteiger partial charge in [0.2, 0.25) is 5.95 Å². The summed E-state index contributed by atoms with van der Waals surface area (Å²) < 4.78 is 0. The molecule has 1 aliphatic heterocycles. The smallest absolute Gasteiger partial charge is 0.223 e. The van der Waals surface area contributed by atoms with Gasteiger partial charge in [0.25, 0.3) is 0 Å². The Morgan fingerprint density at radius 1 is 1.44 bits per heavy atom. The van der Waals surface area contributed by atoms with Gasteiger partial charge >= 0.3 is 0 Å². The molecule has 0 unspecified atom stereocenters. The second-order valence-electron chi connectivity index (χ2n) is 4.46. The minimum Gasteiger partial charge on any atom is -0.396 e. The number of nitrogens with one attached hydrogen (secondary N) is 1. The average Bonchev–Trinajstić information content (AvgIpc) is 2.27. The summed E-state index contributed by atoms with van der Waals surface area (Å²) in [5.41, 5.74) is 7.17. The molecule has 2 rings (SSSR count). The van der Waals surface area contributed by atoms with Crippen molar-refractivity contribution >= 4 is 11.6 Å². The van der Waals surface area contributed by atoms with Crippen LogP contribution < -0.4 is 11.1 Å². The van der Waals surface area contributed by atoms with Crippen molar-refractivity contribution in [1.82, 2.24) is 14.9 Å². The Kier molecular flexibility index (Phi) is 3.24. The van der Waals surface area contributed by atoms with Crippen LogP contribution in [0.1, 0.15) is 18.5 Å². The molecule has 88 valence electrons. The Labute approximate surface area is 96.1 Å². The lowest BCUT2D eigenvalue weighted by Gasteiger charge is -2.29. The molecule has 0 spiro atoms. The summed E-state index contributed by atoms with van der Waals surface area (Å²) in [6.07, 6.45) is 3.95. The van der Waals surface area contributed by atoms with Gasteiger partial charge in [0, 0.05) is 6.04 Å². The number of nitrogens with zero attached hydrogens (tertiary/aromatic N) is 3. The van der Waals surface area contributed by atoms with Crippen molar-refractivity contribution in [3.63, 3.8) is 0 Å². The van der Waals surface area contributed by atoms with Gasteiger partial charge in [-0.3, -0.25) is 0 Å². The molecule has 1 fully saturated rings. The molecule has 3 N–H and O–H groups in total. The van der Waals surface area contributed by atoms with E-state index in [1.54, 1.807) is 6.20 Å². The standard InChI is InChI=1S/C11H19N5/c1-8-10(12)7-13-11(14-8)15-9-3-5-16(2)6-4-9/h7,9H,3-6,12H2,1-2H3,(H,13,14,15). The first-order valence-corrected chi connectivity index (χ1v) is 5.69. The fourth-order valence-electron chi connectivity index (χ4n) is 1.88. The zero-order chi connectivity index (χ0) is 11.5. The van der Waals surface area contributed by atoms with Crippen molar-refractivity contribution in [2.45, 2.75) is 25.8 Å². The fourth-order valence-corrected chi connectivity index (χ4v) is 1.88. The highest BCUT2D eigenvalue weighted by molar-refractivity contribution is 5.43. The molecule has 5 nitrogen and oxygen atoms in total. The third-order valence-corrected chi connectivity index (χ3v) is 3.07. The van der Waals surface area contributed by atoms with Gasteiger partial charge in [-0.1, -0.05) is 0 Å². The average molecular weight is 221 g/mol. The molecule has 1 aromatic rings. The summed E-state index contributed by atoms with van der Waals surface area (Å²) in [6, 6.07) is 0.485. The van der Waals surface area contributed by atoms with Crippen LogP contribution in [0.2, 0.25) is 0 Å². The monoisotopic (exact) mass is 221 g/mol. The van der Waals surface area contributed by atoms with Crippen LogP contribution in [0.25, 0.3) is 0 Å². The minimum atomic E-state index is 0.485. The highest BCUT2D eigenvalue weighted by Gasteiger charge is 2.17. The van der Waals surface area contributed by atoms with Gasteiger partial charge in [-0.15, -0.1) is 0 Å². The molecule has 5 heteroatoms. The molecule has 0 radical (unpaired) electrons. The van der Waals surface area contributed by atoms with E-state index >= 15 is 0 Å². The first-order chi connectivity index (χ1) is 7.65. The summed E-state index contributed by atoms with van der Waals surface area (Å²) in [4.78, 5) is 10.9. The SMILES string of the molecule is Cc1nc(NC2CCN(C)CC2)ncc1N. The van der Waals surface area contributed by atoms with Crippen LogP contribution >= 0.6 is 0 Å². The topological polar surface area (TPSA) is 67.1 Å². The lowest BCUT2D eigenvalue weighted by atomic mass is 10.1. The Morgan fingerprint density at radius 2 is 2.12 bits per heavy atom. The largest absolute Gasteiger partial charge is 0.396 e. The third-order valence-electron chi connectivity index (χ3n) is 3.07. The number of nitrogen functional groups attached to an aromatic ring is 1. The second kappa shape index (κ2) is 4.65. The summed E-state index contributed by atoms with van der Waals surface area (Å²) in [6.45, 7) is 4.16. The predicted molar refractivity (Wildman–Crippen MR) is 65.3 cm³/mol. The van der Waals surface area contributed by atoms with Crippen LogP contribution in [0.15, 0.2) is 6.20 Å². The maximum atomic E-state index is 5.68. The molecule has 0 amide bonds. The highest BCUT2D eigenvalue weighted by Crippen LogP contribution is 2.14. The predicted octanol–water partition coefficient (Wildman–Crippen LogP) is 0.873. The molecule has 0 aliphatic carbocycles. The van der Waals surface area contributed by atoms with Crippen LogP contribution in [0.5, 0.6) is 0 Å². The second-order valence-corrected chi connectivity index (χ2v) is 4.46. The lowest BCUT2D eigenvalue weighted by molar-refractivity contribution is 0.263. The first kappa shape index (κ1) is 11.1. The van der Waals surface area contributed by atoms with Gasteiger partial charge in [-0.2, -0.15) is 0 Å². The minimum absolute atomic E-state index is 0.485. The fraction of sp³-hybridized carbons (Fsp3) is 0.636. The van der Waals surface area contributed by atoms with E-state index in [-0.39, 0.29) is 0 Å². The lowest BCUT2D eigenvalue weighted by Crippen LogP contribution is -2.37. The van der Waals surface area contributed by atoms with Crippen LogP contribution in [0.3, 0.4) is 0 Å². The molecule has 1 aromatic heterocycles. The van der Waals surface area contributed by atoms with E-state index in [1.807, 2.05) is 6.92 Å². The van der Waals surface area contributed by atoms with Gasteiger partial charge in [-0.05, 0) is 39.9 Å². The molecule has 0 atom stereocenters. The number of aryl methyl sites for hydroxylation is 1. The van der Waals surface area contributed by atoms with Crippen molar-refractivity contribution in [2.75, 3.05) is 31.2 Å². The maximum absolute atomic E-state index is 5.68. The molecular weight excluding hydrogens is 202 g/mol. The first-order valence-electron chi connectivity index (χ1n) is 5.69. The maximum Gasteiger partial charge on any atom is 0.223 e. The number of likely N-dealkylation sites (tertiary alicyclic amines) is 1. The van der Waals surface area contributed by atoms with Crippen molar-refractivity contribution in [3.05, 3.63) is 11.9 Å². The van der Waals surface area contributed by atoms with E-state index in [9.17, 15) is 0 Å². The summed E-state index contributed by atoms with van der Waals surface area (Å²) in [5.74, 6) is 0.696.